The molecular formula is C19H32N4O4S. The third-order valence-corrected chi connectivity index (χ3v) is 5.49. The van der Waals surface area contributed by atoms with E-state index in [0.29, 0.717) is 37.7 Å². The molecule has 1 aliphatic rings. The number of ether oxygens (including phenoxy) is 2. The van der Waals surface area contributed by atoms with E-state index in [1.165, 1.54) is 16.2 Å². The lowest BCUT2D eigenvalue weighted by atomic mass is 10.2. The van der Waals surface area contributed by atoms with Crippen molar-refractivity contribution in [3.05, 3.63) is 5.01 Å². The normalized spacial score (nSPS) is 17.1. The highest BCUT2D eigenvalue weighted by atomic mass is 32.1. The van der Waals surface area contributed by atoms with Crippen LogP contribution in [0.25, 0.3) is 0 Å². The number of aryl methyl sites for hydroxylation is 1. The summed E-state index contributed by atoms with van der Waals surface area (Å²) in [5, 5.41) is 9.83. The van der Waals surface area contributed by atoms with E-state index >= 15 is 0 Å². The molecule has 1 aliphatic heterocycles. The molecule has 1 unspecified atom stereocenters. The predicted molar refractivity (Wildman–Crippen MR) is 109 cm³/mol. The summed E-state index contributed by atoms with van der Waals surface area (Å²) in [5.74, 6) is 0. The molecule has 1 saturated heterocycles. The first-order valence-electron chi connectivity index (χ1n) is 10.3. The number of aromatic nitrogens is 2. The van der Waals surface area contributed by atoms with Gasteiger partial charge in [-0.2, -0.15) is 0 Å². The monoisotopic (exact) mass is 412 g/mol. The summed E-state index contributed by atoms with van der Waals surface area (Å²) in [4.78, 5) is 28.3. The molecule has 158 valence electrons. The summed E-state index contributed by atoms with van der Waals surface area (Å²) in [6.45, 7) is 7.68. The Labute approximate surface area is 171 Å². The third-order valence-electron chi connectivity index (χ3n) is 4.50. The number of amides is 2. The summed E-state index contributed by atoms with van der Waals surface area (Å²) in [6, 6.07) is -0.191. The van der Waals surface area contributed by atoms with Crippen molar-refractivity contribution >= 4 is 28.7 Å². The van der Waals surface area contributed by atoms with Gasteiger partial charge in [-0.3, -0.25) is 0 Å². The number of carbonyl (C=O) groups is 2. The molecule has 8 nitrogen and oxygen atoms in total. The van der Waals surface area contributed by atoms with Crippen molar-refractivity contribution in [2.45, 2.75) is 78.4 Å². The molecule has 1 atom stereocenters. The Balaban J connectivity index is 2.13. The molecule has 0 N–H and O–H groups in total. The van der Waals surface area contributed by atoms with E-state index in [1.807, 2.05) is 6.92 Å². The molecule has 28 heavy (non-hydrogen) atoms. The summed E-state index contributed by atoms with van der Waals surface area (Å²) in [6.07, 6.45) is 5.87. The lowest BCUT2D eigenvalue weighted by Crippen LogP contribution is -2.56. The van der Waals surface area contributed by atoms with Crippen LogP contribution in [0.3, 0.4) is 0 Å². The second-order valence-corrected chi connectivity index (χ2v) is 7.93. The summed E-state index contributed by atoms with van der Waals surface area (Å²) >= 11 is 1.39. The molecule has 0 bridgehead atoms. The maximum absolute atomic E-state index is 13.1. The van der Waals surface area contributed by atoms with E-state index in [1.54, 1.807) is 4.90 Å². The van der Waals surface area contributed by atoms with Crippen LogP contribution in [0.15, 0.2) is 0 Å². The smallest absolute Gasteiger partial charge is 0.434 e. The van der Waals surface area contributed by atoms with Gasteiger partial charge in [-0.1, -0.05) is 51.4 Å². The first kappa shape index (κ1) is 22.4. The number of anilines is 1. The third kappa shape index (κ3) is 6.32. The van der Waals surface area contributed by atoms with Crippen molar-refractivity contribution in [3.63, 3.8) is 0 Å². The van der Waals surface area contributed by atoms with Crippen molar-refractivity contribution in [1.82, 2.24) is 15.1 Å². The Morgan fingerprint density at radius 2 is 1.93 bits per heavy atom. The van der Waals surface area contributed by atoms with Crippen LogP contribution in [0, 0.1) is 0 Å². The standard InChI is InChI=1S/C19H32N4O4S/c1-4-7-9-10-15-20-21-17(28-15)23-16(27-19(25)26-14-6-3)11-13-22(18(23)24)12-8-5-2/h16H,4-14H2,1-3H3. The zero-order valence-corrected chi connectivity index (χ0v) is 18.0. The maximum atomic E-state index is 13.1. The van der Waals surface area contributed by atoms with Gasteiger partial charge in [-0.15, -0.1) is 10.2 Å². The van der Waals surface area contributed by atoms with Gasteiger partial charge in [0.15, 0.2) is 6.23 Å². The van der Waals surface area contributed by atoms with Crippen molar-refractivity contribution in [1.29, 1.82) is 0 Å². The Hall–Kier alpha value is -1.90. The van der Waals surface area contributed by atoms with Crippen LogP contribution in [0.4, 0.5) is 14.7 Å². The Kier molecular flexibility index (Phi) is 9.46. The number of hydrogen-bond donors (Lipinski definition) is 0. The SMILES string of the molecule is CCCCCc1nnc(N2C(=O)N(CCCC)CCC2OC(=O)OCCC)s1. The van der Waals surface area contributed by atoms with Gasteiger partial charge in [0.2, 0.25) is 5.13 Å². The van der Waals surface area contributed by atoms with Crippen molar-refractivity contribution in [2.24, 2.45) is 0 Å². The van der Waals surface area contributed by atoms with E-state index in [9.17, 15) is 9.59 Å². The first-order valence-corrected chi connectivity index (χ1v) is 11.2. The zero-order valence-electron chi connectivity index (χ0n) is 17.2. The van der Waals surface area contributed by atoms with Gasteiger partial charge in [-0.25, -0.2) is 14.5 Å². The molecule has 2 rings (SSSR count). The van der Waals surface area contributed by atoms with E-state index < -0.39 is 12.4 Å². The number of unbranched alkanes of at least 4 members (excludes halogenated alkanes) is 3. The lowest BCUT2D eigenvalue weighted by molar-refractivity contribution is 0.0126. The minimum absolute atomic E-state index is 0.191. The molecular weight excluding hydrogens is 380 g/mol. The van der Waals surface area contributed by atoms with Gasteiger partial charge in [0.1, 0.15) is 5.01 Å². The van der Waals surface area contributed by atoms with Gasteiger partial charge in [0, 0.05) is 25.9 Å². The maximum Gasteiger partial charge on any atom is 0.510 e. The number of carbonyl (C=O) groups excluding carboxylic acids is 2. The largest absolute Gasteiger partial charge is 0.510 e. The highest BCUT2D eigenvalue weighted by Gasteiger charge is 2.38. The average Bonchev–Trinajstić information content (AvgIpc) is 3.14. The average molecular weight is 413 g/mol. The fraction of sp³-hybridized carbons (Fsp3) is 0.789. The van der Waals surface area contributed by atoms with E-state index in [-0.39, 0.29) is 6.03 Å². The predicted octanol–water partition coefficient (Wildman–Crippen LogP) is 4.59. The molecule has 1 aromatic heterocycles. The number of rotatable bonds is 11. The van der Waals surface area contributed by atoms with Gasteiger partial charge in [-0.05, 0) is 19.3 Å². The summed E-state index contributed by atoms with van der Waals surface area (Å²) < 4.78 is 10.5. The van der Waals surface area contributed by atoms with Crippen LogP contribution in [-0.4, -0.2) is 53.2 Å². The number of hydrogen-bond acceptors (Lipinski definition) is 7. The minimum Gasteiger partial charge on any atom is -0.434 e. The lowest BCUT2D eigenvalue weighted by Gasteiger charge is -2.38. The quantitative estimate of drug-likeness (QED) is 0.390. The molecule has 0 radical (unpaired) electrons. The van der Waals surface area contributed by atoms with Gasteiger partial charge >= 0.3 is 12.2 Å². The molecule has 9 heteroatoms. The molecule has 0 aromatic carbocycles. The van der Waals surface area contributed by atoms with Crippen molar-refractivity contribution in [2.75, 3.05) is 24.6 Å². The Bertz CT molecular complexity index is 625. The number of nitrogens with zero attached hydrogens (tertiary/aromatic N) is 4. The van der Waals surface area contributed by atoms with Crippen LogP contribution < -0.4 is 4.90 Å². The van der Waals surface area contributed by atoms with E-state index in [4.69, 9.17) is 9.47 Å². The van der Waals surface area contributed by atoms with E-state index in [0.717, 1.165) is 43.5 Å². The fourth-order valence-corrected chi connectivity index (χ4v) is 3.85. The van der Waals surface area contributed by atoms with Crippen molar-refractivity contribution < 1.29 is 19.1 Å². The molecule has 0 saturated carbocycles. The van der Waals surface area contributed by atoms with Crippen LogP contribution in [0.5, 0.6) is 0 Å². The molecule has 0 spiro atoms. The second-order valence-electron chi connectivity index (χ2n) is 6.89. The van der Waals surface area contributed by atoms with Crippen LogP contribution in [0.1, 0.15) is 70.7 Å². The highest BCUT2D eigenvalue weighted by Crippen LogP contribution is 2.29. The second kappa shape index (κ2) is 11.8. The van der Waals surface area contributed by atoms with Crippen LogP contribution in [-0.2, 0) is 15.9 Å². The summed E-state index contributed by atoms with van der Waals surface area (Å²) in [5.41, 5.74) is 0. The molecule has 1 fully saturated rings. The number of urea groups is 1. The van der Waals surface area contributed by atoms with Crippen LogP contribution in [0.2, 0.25) is 0 Å². The van der Waals surface area contributed by atoms with Gasteiger partial charge in [0.05, 0.1) is 6.61 Å². The molecule has 1 aromatic rings. The highest BCUT2D eigenvalue weighted by molar-refractivity contribution is 7.15. The fourth-order valence-electron chi connectivity index (χ4n) is 2.94. The first-order chi connectivity index (χ1) is 13.6. The molecule has 2 heterocycles. The topological polar surface area (TPSA) is 84.9 Å². The van der Waals surface area contributed by atoms with Crippen molar-refractivity contribution in [3.8, 4) is 0 Å². The summed E-state index contributed by atoms with van der Waals surface area (Å²) in [7, 11) is 0. The van der Waals surface area contributed by atoms with Crippen LogP contribution >= 0.6 is 11.3 Å². The Morgan fingerprint density at radius 1 is 1.14 bits per heavy atom. The van der Waals surface area contributed by atoms with E-state index in [2.05, 4.69) is 24.0 Å². The molecule has 0 aliphatic carbocycles. The Morgan fingerprint density at radius 3 is 2.64 bits per heavy atom. The zero-order chi connectivity index (χ0) is 20.4. The minimum atomic E-state index is -0.751. The molecule has 2 amide bonds. The van der Waals surface area contributed by atoms with Gasteiger partial charge < -0.3 is 14.4 Å². The van der Waals surface area contributed by atoms with Gasteiger partial charge in [0.25, 0.3) is 0 Å².